The van der Waals surface area contributed by atoms with Crippen molar-refractivity contribution in [2.75, 3.05) is 6.54 Å². The molecule has 3 heteroatoms. The number of halogens is 2. The quantitative estimate of drug-likeness (QED) is 0.862. The third-order valence-electron chi connectivity index (χ3n) is 3.97. The molecule has 0 heterocycles. The fourth-order valence-electron chi connectivity index (χ4n) is 2.58. The van der Waals surface area contributed by atoms with Crippen molar-refractivity contribution in [1.29, 1.82) is 0 Å². The molecule has 2 atom stereocenters. The minimum Gasteiger partial charge on any atom is -0.312 e. The predicted molar refractivity (Wildman–Crippen MR) is 79.1 cm³/mol. The number of rotatable bonds is 4. The van der Waals surface area contributed by atoms with Gasteiger partial charge in [-0.1, -0.05) is 17.7 Å². The molecule has 106 valence electrons. The van der Waals surface area contributed by atoms with Gasteiger partial charge >= 0.3 is 0 Å². The van der Waals surface area contributed by atoms with Gasteiger partial charge in [0.2, 0.25) is 0 Å². The normalized spacial score (nSPS) is 23.2. The van der Waals surface area contributed by atoms with E-state index in [-0.39, 0.29) is 11.4 Å². The molecule has 1 nitrogen and oxygen atoms in total. The van der Waals surface area contributed by atoms with Crippen LogP contribution in [0.25, 0.3) is 0 Å². The Morgan fingerprint density at radius 1 is 1.26 bits per heavy atom. The topological polar surface area (TPSA) is 12.0 Å². The SMILES string of the molecule is CC(C)(C)NCC1CCC1Cc1ccc(F)cc1Cl. The minimum absolute atomic E-state index is 0.174. The van der Waals surface area contributed by atoms with E-state index >= 15 is 0 Å². The van der Waals surface area contributed by atoms with E-state index < -0.39 is 0 Å². The Balaban J connectivity index is 1.89. The molecule has 0 aromatic heterocycles. The van der Waals surface area contributed by atoms with Crippen LogP contribution in [0.5, 0.6) is 0 Å². The molecule has 19 heavy (non-hydrogen) atoms. The van der Waals surface area contributed by atoms with Crippen molar-refractivity contribution in [3.63, 3.8) is 0 Å². The first-order chi connectivity index (χ1) is 8.85. The summed E-state index contributed by atoms with van der Waals surface area (Å²) in [6.45, 7) is 7.64. The molecule has 2 unspecified atom stereocenters. The van der Waals surface area contributed by atoms with Gasteiger partial charge < -0.3 is 5.32 Å². The first-order valence-corrected chi connectivity index (χ1v) is 7.42. The van der Waals surface area contributed by atoms with Crippen molar-refractivity contribution in [2.24, 2.45) is 11.8 Å². The van der Waals surface area contributed by atoms with Gasteiger partial charge in [0.25, 0.3) is 0 Å². The highest BCUT2D eigenvalue weighted by Crippen LogP contribution is 2.37. The molecule has 0 spiro atoms. The van der Waals surface area contributed by atoms with Crippen LogP contribution in [0.1, 0.15) is 39.2 Å². The summed E-state index contributed by atoms with van der Waals surface area (Å²) < 4.78 is 13.0. The maximum Gasteiger partial charge on any atom is 0.124 e. The van der Waals surface area contributed by atoms with E-state index in [9.17, 15) is 4.39 Å². The average Bonchev–Trinajstić information content (AvgIpc) is 2.24. The summed E-state index contributed by atoms with van der Waals surface area (Å²) in [5.41, 5.74) is 1.25. The molecular weight excluding hydrogens is 261 g/mol. The summed E-state index contributed by atoms with van der Waals surface area (Å²) in [6.07, 6.45) is 3.51. The molecule has 1 aliphatic carbocycles. The third-order valence-corrected chi connectivity index (χ3v) is 4.32. The molecule has 1 N–H and O–H groups in total. The second kappa shape index (κ2) is 5.80. The van der Waals surface area contributed by atoms with Crippen molar-refractivity contribution in [1.82, 2.24) is 5.32 Å². The highest BCUT2D eigenvalue weighted by molar-refractivity contribution is 6.31. The fraction of sp³-hybridized carbons (Fsp3) is 0.625. The summed E-state index contributed by atoms with van der Waals surface area (Å²) in [7, 11) is 0. The van der Waals surface area contributed by atoms with Crippen LogP contribution < -0.4 is 5.32 Å². The molecule has 2 rings (SSSR count). The first-order valence-electron chi connectivity index (χ1n) is 7.04. The van der Waals surface area contributed by atoms with E-state index in [2.05, 4.69) is 26.1 Å². The summed E-state index contributed by atoms with van der Waals surface area (Å²) in [6, 6.07) is 4.74. The van der Waals surface area contributed by atoms with Crippen LogP contribution in [0.4, 0.5) is 4.39 Å². The van der Waals surface area contributed by atoms with Gasteiger partial charge in [-0.15, -0.1) is 0 Å². The Bertz CT molecular complexity index is 439. The lowest BCUT2D eigenvalue weighted by Crippen LogP contribution is -2.44. The molecule has 0 radical (unpaired) electrons. The van der Waals surface area contributed by atoms with Crippen LogP contribution in [-0.4, -0.2) is 12.1 Å². The van der Waals surface area contributed by atoms with Crippen molar-refractivity contribution in [3.8, 4) is 0 Å². The lowest BCUT2D eigenvalue weighted by molar-refractivity contribution is 0.159. The van der Waals surface area contributed by atoms with Gasteiger partial charge in [0, 0.05) is 10.6 Å². The van der Waals surface area contributed by atoms with Crippen molar-refractivity contribution < 1.29 is 4.39 Å². The minimum atomic E-state index is -0.256. The number of benzene rings is 1. The second-order valence-corrected chi connectivity index (χ2v) is 7.08. The Kier molecular flexibility index (Phi) is 4.52. The van der Waals surface area contributed by atoms with E-state index in [1.165, 1.54) is 25.0 Å². The largest absolute Gasteiger partial charge is 0.312 e. The van der Waals surface area contributed by atoms with Crippen molar-refractivity contribution in [2.45, 2.75) is 45.6 Å². The Morgan fingerprint density at radius 2 is 1.95 bits per heavy atom. The third kappa shape index (κ3) is 4.19. The summed E-state index contributed by atoms with van der Waals surface area (Å²) >= 11 is 6.10. The van der Waals surface area contributed by atoms with E-state index in [0.29, 0.717) is 10.9 Å². The van der Waals surface area contributed by atoms with E-state index in [4.69, 9.17) is 11.6 Å². The molecule has 1 fully saturated rings. The lowest BCUT2D eigenvalue weighted by Gasteiger charge is -2.39. The van der Waals surface area contributed by atoms with Crippen LogP contribution in [0.3, 0.4) is 0 Å². The van der Waals surface area contributed by atoms with Crippen LogP contribution in [0.15, 0.2) is 18.2 Å². The van der Waals surface area contributed by atoms with Crippen molar-refractivity contribution in [3.05, 3.63) is 34.6 Å². The lowest BCUT2D eigenvalue weighted by atomic mass is 9.70. The van der Waals surface area contributed by atoms with Gasteiger partial charge in [-0.25, -0.2) is 4.39 Å². The maximum atomic E-state index is 13.0. The summed E-state index contributed by atoms with van der Waals surface area (Å²) in [5.74, 6) is 1.14. The zero-order valence-corrected chi connectivity index (χ0v) is 12.7. The monoisotopic (exact) mass is 283 g/mol. The molecule has 1 aromatic rings. The Hall–Kier alpha value is -0.600. The fourth-order valence-corrected chi connectivity index (χ4v) is 2.83. The molecule has 1 aliphatic rings. The van der Waals surface area contributed by atoms with Crippen molar-refractivity contribution >= 4 is 11.6 Å². The zero-order chi connectivity index (χ0) is 14.0. The molecule has 1 aromatic carbocycles. The molecule has 0 aliphatic heterocycles. The van der Waals surface area contributed by atoms with E-state index in [1.54, 1.807) is 0 Å². The summed E-state index contributed by atoms with van der Waals surface area (Å²) in [5, 5.41) is 4.13. The van der Waals surface area contributed by atoms with Gasteiger partial charge in [0.05, 0.1) is 0 Å². The van der Waals surface area contributed by atoms with Crippen LogP contribution >= 0.6 is 11.6 Å². The van der Waals surface area contributed by atoms with E-state index in [1.807, 2.05) is 6.07 Å². The Morgan fingerprint density at radius 3 is 2.47 bits per heavy atom. The molecule has 0 bridgehead atoms. The van der Waals surface area contributed by atoms with Gasteiger partial charge in [0.1, 0.15) is 5.82 Å². The highest BCUT2D eigenvalue weighted by atomic mass is 35.5. The molecular formula is C16H23ClFN. The van der Waals surface area contributed by atoms with Gasteiger partial charge in [0.15, 0.2) is 0 Å². The standard InChI is InChI=1S/C16H23ClFN/c1-16(2,3)19-10-13-5-4-11(13)8-12-6-7-14(18)9-15(12)17/h6-7,9,11,13,19H,4-5,8,10H2,1-3H3. The second-order valence-electron chi connectivity index (χ2n) is 6.67. The smallest absolute Gasteiger partial charge is 0.124 e. The molecule has 1 saturated carbocycles. The first kappa shape index (κ1) is 14.8. The zero-order valence-electron chi connectivity index (χ0n) is 12.0. The van der Waals surface area contributed by atoms with Gasteiger partial charge in [-0.05, 0) is 76.1 Å². The number of hydrogen-bond donors (Lipinski definition) is 1. The number of hydrogen-bond acceptors (Lipinski definition) is 1. The predicted octanol–water partition coefficient (Wildman–Crippen LogP) is 4.44. The maximum absolute atomic E-state index is 13.0. The van der Waals surface area contributed by atoms with Crippen LogP contribution in [0, 0.1) is 17.7 Å². The van der Waals surface area contributed by atoms with Gasteiger partial charge in [-0.2, -0.15) is 0 Å². The average molecular weight is 284 g/mol. The summed E-state index contributed by atoms with van der Waals surface area (Å²) in [4.78, 5) is 0. The highest BCUT2D eigenvalue weighted by Gasteiger charge is 2.31. The van der Waals surface area contributed by atoms with Gasteiger partial charge in [-0.3, -0.25) is 0 Å². The van der Waals surface area contributed by atoms with Crippen LogP contribution in [0.2, 0.25) is 5.02 Å². The molecule has 0 amide bonds. The Labute approximate surface area is 120 Å². The van der Waals surface area contributed by atoms with Crippen LogP contribution in [-0.2, 0) is 6.42 Å². The van der Waals surface area contributed by atoms with E-state index in [0.717, 1.165) is 24.4 Å². The molecule has 0 saturated heterocycles. The number of nitrogens with one attached hydrogen (secondary N) is 1.